The molecular weight excluding hydrogens is 224 g/mol. The molecule has 2 rings (SSSR count). The van der Waals surface area contributed by atoms with Crippen molar-refractivity contribution >= 4 is 15.9 Å². The topological polar surface area (TPSA) is 0 Å². The van der Waals surface area contributed by atoms with Gasteiger partial charge in [0, 0.05) is 4.83 Å². The van der Waals surface area contributed by atoms with Crippen molar-refractivity contribution in [2.24, 2.45) is 0 Å². The van der Waals surface area contributed by atoms with E-state index in [4.69, 9.17) is 0 Å². The third-order valence-corrected chi connectivity index (χ3v) is 3.82. The number of rotatable bonds is 0. The number of hydrogen-bond donors (Lipinski definition) is 0. The molecule has 0 amide bonds. The zero-order valence-corrected chi connectivity index (χ0v) is 9.98. The Bertz CT molecular complexity index is 341. The monoisotopic (exact) mass is 238 g/mol. The number of benzene rings is 1. The van der Waals surface area contributed by atoms with E-state index in [2.05, 4.69) is 48.8 Å². The van der Waals surface area contributed by atoms with Gasteiger partial charge in [0.15, 0.2) is 0 Å². The molecule has 2 atom stereocenters. The fourth-order valence-electron chi connectivity index (χ4n) is 2.50. The van der Waals surface area contributed by atoms with Gasteiger partial charge in [0.25, 0.3) is 0 Å². The summed E-state index contributed by atoms with van der Waals surface area (Å²) < 4.78 is 0. The van der Waals surface area contributed by atoms with E-state index < -0.39 is 0 Å². The summed E-state index contributed by atoms with van der Waals surface area (Å²) in [7, 11) is 0. The van der Waals surface area contributed by atoms with Crippen LogP contribution >= 0.6 is 15.9 Å². The fourth-order valence-corrected chi connectivity index (χ4v) is 3.44. The first-order valence-corrected chi connectivity index (χ1v) is 5.76. The lowest BCUT2D eigenvalue weighted by Crippen LogP contribution is -1.92. The third kappa shape index (κ3) is 1.43. The highest BCUT2D eigenvalue weighted by Gasteiger charge is 2.27. The van der Waals surface area contributed by atoms with Crippen molar-refractivity contribution < 1.29 is 0 Å². The molecule has 0 saturated carbocycles. The second kappa shape index (κ2) is 3.13. The Kier molecular flexibility index (Phi) is 2.23. The third-order valence-electron chi connectivity index (χ3n) is 2.95. The van der Waals surface area contributed by atoms with Gasteiger partial charge in [-0.3, -0.25) is 0 Å². The summed E-state index contributed by atoms with van der Waals surface area (Å²) in [6, 6.07) is 4.62. The quantitative estimate of drug-likeness (QED) is 0.594. The second-order valence-electron chi connectivity index (χ2n) is 4.19. The zero-order valence-electron chi connectivity index (χ0n) is 8.39. The van der Waals surface area contributed by atoms with Crippen LogP contribution in [0.1, 0.15) is 46.3 Å². The molecule has 0 saturated heterocycles. The Hall–Kier alpha value is -0.300. The van der Waals surface area contributed by atoms with Crippen LogP contribution in [0.2, 0.25) is 0 Å². The molecule has 0 radical (unpaired) electrons. The van der Waals surface area contributed by atoms with Gasteiger partial charge in [-0.05, 0) is 42.9 Å². The molecule has 0 bridgehead atoms. The molecular formula is C12H15Br. The highest BCUT2D eigenvalue weighted by molar-refractivity contribution is 9.09. The molecule has 1 aliphatic carbocycles. The minimum absolute atomic E-state index is 0.580. The molecule has 70 valence electrons. The highest BCUT2D eigenvalue weighted by Crippen LogP contribution is 2.46. The van der Waals surface area contributed by atoms with E-state index in [1.807, 2.05) is 0 Å². The summed E-state index contributed by atoms with van der Waals surface area (Å²) in [6.45, 7) is 6.73. The van der Waals surface area contributed by atoms with E-state index in [-0.39, 0.29) is 0 Å². The maximum absolute atomic E-state index is 3.75. The Morgan fingerprint density at radius 1 is 1.31 bits per heavy atom. The van der Waals surface area contributed by atoms with E-state index in [1.165, 1.54) is 23.1 Å². The van der Waals surface area contributed by atoms with Crippen LogP contribution in [0.3, 0.4) is 0 Å². The maximum Gasteiger partial charge on any atom is 0.0404 e. The average molecular weight is 239 g/mol. The van der Waals surface area contributed by atoms with Gasteiger partial charge in [-0.2, -0.15) is 0 Å². The van der Waals surface area contributed by atoms with Gasteiger partial charge in [0.05, 0.1) is 0 Å². The standard InChI is InChI=1S/C12H15Br/c1-7-4-8(2)12-9(3)6-11(13)10(12)5-7/h4-5,9,11H,6H2,1-3H3. The first-order chi connectivity index (χ1) is 6.09. The smallest absolute Gasteiger partial charge is 0.0404 e. The van der Waals surface area contributed by atoms with Gasteiger partial charge in [-0.25, -0.2) is 0 Å². The summed E-state index contributed by atoms with van der Waals surface area (Å²) in [5, 5.41) is 0. The lowest BCUT2D eigenvalue weighted by molar-refractivity contribution is 0.740. The SMILES string of the molecule is Cc1cc(C)c2c(c1)C(Br)CC2C. The Labute approximate surface area is 88.5 Å². The molecule has 0 aliphatic heterocycles. The molecule has 0 N–H and O–H groups in total. The van der Waals surface area contributed by atoms with Crippen LogP contribution in [0.5, 0.6) is 0 Å². The predicted octanol–water partition coefficient (Wildman–Crippen LogP) is 4.25. The van der Waals surface area contributed by atoms with Gasteiger partial charge in [-0.1, -0.05) is 40.5 Å². The van der Waals surface area contributed by atoms with Crippen molar-refractivity contribution in [1.82, 2.24) is 0 Å². The molecule has 0 aromatic heterocycles. The molecule has 2 unspecified atom stereocenters. The first-order valence-electron chi connectivity index (χ1n) is 4.84. The van der Waals surface area contributed by atoms with Crippen LogP contribution in [0.4, 0.5) is 0 Å². The summed E-state index contributed by atoms with van der Waals surface area (Å²) in [6.07, 6.45) is 1.25. The minimum Gasteiger partial charge on any atom is -0.0838 e. The molecule has 0 nitrogen and oxygen atoms in total. The minimum atomic E-state index is 0.580. The van der Waals surface area contributed by atoms with Crippen LogP contribution in [-0.2, 0) is 0 Å². The van der Waals surface area contributed by atoms with E-state index in [0.717, 1.165) is 5.92 Å². The first kappa shape index (κ1) is 9.26. The summed E-state index contributed by atoms with van der Waals surface area (Å²) in [5.41, 5.74) is 5.94. The van der Waals surface area contributed by atoms with Gasteiger partial charge < -0.3 is 0 Å². The number of aryl methyl sites for hydroxylation is 2. The van der Waals surface area contributed by atoms with Crippen LogP contribution in [0.25, 0.3) is 0 Å². The van der Waals surface area contributed by atoms with Crippen LogP contribution < -0.4 is 0 Å². The van der Waals surface area contributed by atoms with Gasteiger partial charge in [0.2, 0.25) is 0 Å². The van der Waals surface area contributed by atoms with E-state index in [0.29, 0.717) is 4.83 Å². The molecule has 1 aromatic carbocycles. The lowest BCUT2D eigenvalue weighted by Gasteiger charge is -2.09. The second-order valence-corrected chi connectivity index (χ2v) is 5.29. The molecule has 1 heteroatoms. The number of halogens is 1. The fraction of sp³-hybridized carbons (Fsp3) is 0.500. The van der Waals surface area contributed by atoms with E-state index in [1.54, 1.807) is 5.56 Å². The highest BCUT2D eigenvalue weighted by atomic mass is 79.9. The Morgan fingerprint density at radius 2 is 2.00 bits per heavy atom. The van der Waals surface area contributed by atoms with E-state index >= 15 is 0 Å². The normalized spacial score (nSPS) is 26.2. The molecule has 1 aliphatic rings. The molecule has 0 heterocycles. The van der Waals surface area contributed by atoms with Gasteiger partial charge in [-0.15, -0.1) is 0 Å². The van der Waals surface area contributed by atoms with Gasteiger partial charge >= 0.3 is 0 Å². The molecule has 0 spiro atoms. The zero-order chi connectivity index (χ0) is 9.59. The maximum atomic E-state index is 3.75. The van der Waals surface area contributed by atoms with Crippen molar-refractivity contribution in [1.29, 1.82) is 0 Å². The summed E-state index contributed by atoms with van der Waals surface area (Å²) in [4.78, 5) is 0.580. The summed E-state index contributed by atoms with van der Waals surface area (Å²) >= 11 is 3.75. The van der Waals surface area contributed by atoms with Crippen molar-refractivity contribution in [3.05, 3.63) is 34.4 Å². The molecule has 1 aromatic rings. The Balaban J connectivity index is 2.63. The predicted molar refractivity (Wildman–Crippen MR) is 60.6 cm³/mol. The Morgan fingerprint density at radius 3 is 2.69 bits per heavy atom. The molecule has 0 fully saturated rings. The van der Waals surface area contributed by atoms with Crippen LogP contribution in [0.15, 0.2) is 12.1 Å². The average Bonchev–Trinajstić information content (AvgIpc) is 2.27. The van der Waals surface area contributed by atoms with Gasteiger partial charge in [0.1, 0.15) is 0 Å². The largest absolute Gasteiger partial charge is 0.0838 e. The van der Waals surface area contributed by atoms with Crippen LogP contribution in [0, 0.1) is 13.8 Å². The molecule has 13 heavy (non-hydrogen) atoms. The lowest BCUT2D eigenvalue weighted by atomic mass is 9.96. The number of alkyl halides is 1. The number of fused-ring (bicyclic) bond motifs is 1. The van der Waals surface area contributed by atoms with Crippen molar-refractivity contribution in [2.45, 2.75) is 37.9 Å². The van der Waals surface area contributed by atoms with Crippen molar-refractivity contribution in [3.63, 3.8) is 0 Å². The number of hydrogen-bond acceptors (Lipinski definition) is 0. The van der Waals surface area contributed by atoms with Crippen molar-refractivity contribution in [2.75, 3.05) is 0 Å². The van der Waals surface area contributed by atoms with Crippen molar-refractivity contribution in [3.8, 4) is 0 Å². The van der Waals surface area contributed by atoms with Crippen LogP contribution in [-0.4, -0.2) is 0 Å². The summed E-state index contributed by atoms with van der Waals surface area (Å²) in [5.74, 6) is 0.722. The van der Waals surface area contributed by atoms with E-state index in [9.17, 15) is 0 Å².